The van der Waals surface area contributed by atoms with Gasteiger partial charge in [-0.05, 0) is 36.1 Å². The van der Waals surface area contributed by atoms with Crippen LogP contribution in [0.25, 0.3) is 0 Å². The molecule has 1 saturated carbocycles. The quantitative estimate of drug-likeness (QED) is 0.627. The third kappa shape index (κ3) is 5.06. The second-order valence-electron chi connectivity index (χ2n) is 8.78. The number of hydrogen-bond donors (Lipinski definition) is 2. The molecule has 3 amide bonds. The number of anilines is 1. The van der Waals surface area contributed by atoms with E-state index in [0.717, 1.165) is 11.6 Å². The van der Waals surface area contributed by atoms with Crippen LogP contribution >= 0.6 is 0 Å². The molecule has 34 heavy (non-hydrogen) atoms. The number of carbonyl (C=O) groups is 3. The molecule has 3 atom stereocenters. The summed E-state index contributed by atoms with van der Waals surface area (Å²) in [6.45, 7) is 1.42. The number of benzene rings is 2. The molecule has 3 N–H and O–H groups in total. The monoisotopic (exact) mass is 474 g/mol. The van der Waals surface area contributed by atoms with Gasteiger partial charge in [-0.2, -0.15) is 0 Å². The first-order chi connectivity index (χ1) is 16.1. The van der Waals surface area contributed by atoms with E-state index < -0.39 is 29.4 Å². The van der Waals surface area contributed by atoms with E-state index in [-0.39, 0.29) is 55.4 Å². The summed E-state index contributed by atoms with van der Waals surface area (Å²) in [5, 5.41) is 2.82. The Kier molecular flexibility index (Phi) is 6.60. The van der Waals surface area contributed by atoms with Crippen LogP contribution in [0.5, 0.6) is 0 Å². The molecule has 3 unspecified atom stereocenters. The van der Waals surface area contributed by atoms with Gasteiger partial charge in [0.25, 0.3) is 0 Å². The van der Waals surface area contributed by atoms with Crippen LogP contribution in [0, 0.1) is 17.5 Å². The number of halogens is 3. The molecule has 4 rings (SSSR count). The topological polar surface area (TPSA) is 95.7 Å². The van der Waals surface area contributed by atoms with Crippen LogP contribution in [0.3, 0.4) is 0 Å². The Morgan fingerprint density at radius 1 is 1.12 bits per heavy atom. The van der Waals surface area contributed by atoms with Crippen LogP contribution in [0.4, 0.5) is 18.9 Å². The van der Waals surface area contributed by atoms with Gasteiger partial charge in [0, 0.05) is 37.7 Å². The lowest BCUT2D eigenvalue weighted by atomic mass is 10.0. The summed E-state index contributed by atoms with van der Waals surface area (Å²) in [6.07, 6.45) is 0.254. The molecule has 180 valence electrons. The fraction of sp³-hybridized carbons (Fsp3) is 0.375. The minimum Gasteiger partial charge on any atom is -0.351 e. The molecule has 1 aliphatic carbocycles. The highest BCUT2D eigenvalue weighted by Gasteiger charge is 2.47. The highest BCUT2D eigenvalue weighted by atomic mass is 19.2. The molecule has 2 aromatic rings. The molecule has 10 heteroatoms. The molecule has 1 heterocycles. The second kappa shape index (κ2) is 9.46. The van der Waals surface area contributed by atoms with Crippen LogP contribution in [0.2, 0.25) is 0 Å². The van der Waals surface area contributed by atoms with E-state index in [2.05, 4.69) is 5.32 Å². The zero-order valence-corrected chi connectivity index (χ0v) is 18.6. The molecule has 2 aliphatic rings. The van der Waals surface area contributed by atoms with E-state index in [4.69, 9.17) is 5.73 Å². The number of hydrogen-bond acceptors (Lipinski definition) is 4. The SMILES string of the molecule is CC(=O)NC1CC1N1C(=O)CN(C(=O)CC(N)Cc2cc(F)c(F)cc2F)Cc2ccccc21. The van der Waals surface area contributed by atoms with Gasteiger partial charge in [-0.15, -0.1) is 0 Å². The van der Waals surface area contributed by atoms with Crippen LogP contribution in [-0.2, 0) is 27.3 Å². The first-order valence-corrected chi connectivity index (χ1v) is 11.0. The Morgan fingerprint density at radius 3 is 2.56 bits per heavy atom. The number of nitrogens with one attached hydrogen (secondary N) is 1. The maximum atomic E-state index is 14.0. The summed E-state index contributed by atoms with van der Waals surface area (Å²) < 4.78 is 40.6. The van der Waals surface area contributed by atoms with Gasteiger partial charge in [0.05, 0.1) is 12.1 Å². The molecule has 7 nitrogen and oxygen atoms in total. The predicted molar refractivity (Wildman–Crippen MR) is 118 cm³/mol. The summed E-state index contributed by atoms with van der Waals surface area (Å²) in [4.78, 5) is 40.6. The number of rotatable bonds is 6. The molecular formula is C24H25F3N4O3. The molecule has 0 spiro atoms. The zero-order chi connectivity index (χ0) is 24.6. The standard InChI is InChI=1S/C24H25F3N4O3/c1-13(32)29-20-10-22(20)31-21-5-3-2-4-14(21)11-30(12-24(31)34)23(33)8-16(28)6-15-7-18(26)19(27)9-17(15)25/h2-5,7,9,16,20,22H,6,8,10-12,28H2,1H3,(H,29,32). The van der Waals surface area contributed by atoms with Crippen molar-refractivity contribution in [2.75, 3.05) is 11.4 Å². The number of fused-ring (bicyclic) bond motifs is 1. The Balaban J connectivity index is 1.47. The Hall–Kier alpha value is -3.40. The number of nitrogens with zero attached hydrogens (tertiary/aromatic N) is 2. The van der Waals surface area contributed by atoms with Crippen molar-refractivity contribution in [2.45, 2.75) is 50.9 Å². The van der Waals surface area contributed by atoms with E-state index in [1.54, 1.807) is 11.0 Å². The molecule has 1 fully saturated rings. The molecule has 1 aliphatic heterocycles. The van der Waals surface area contributed by atoms with Crippen molar-refractivity contribution in [3.8, 4) is 0 Å². The highest BCUT2D eigenvalue weighted by molar-refractivity contribution is 5.99. The average molecular weight is 474 g/mol. The van der Waals surface area contributed by atoms with Crippen molar-refractivity contribution < 1.29 is 27.6 Å². The smallest absolute Gasteiger partial charge is 0.246 e. The van der Waals surface area contributed by atoms with Crippen molar-refractivity contribution in [1.29, 1.82) is 0 Å². The van der Waals surface area contributed by atoms with E-state index in [0.29, 0.717) is 18.2 Å². The summed E-state index contributed by atoms with van der Waals surface area (Å²) in [5.74, 6) is -4.29. The zero-order valence-electron chi connectivity index (χ0n) is 18.6. The lowest BCUT2D eigenvalue weighted by molar-refractivity contribution is -0.135. The third-order valence-corrected chi connectivity index (χ3v) is 6.05. The fourth-order valence-corrected chi connectivity index (χ4v) is 4.37. The number of para-hydroxylation sites is 1. The van der Waals surface area contributed by atoms with Gasteiger partial charge < -0.3 is 20.9 Å². The van der Waals surface area contributed by atoms with Gasteiger partial charge in [0.15, 0.2) is 11.6 Å². The first kappa shape index (κ1) is 23.7. The van der Waals surface area contributed by atoms with Gasteiger partial charge >= 0.3 is 0 Å². The lowest BCUT2D eigenvalue weighted by Gasteiger charge is -2.24. The van der Waals surface area contributed by atoms with Crippen molar-refractivity contribution in [2.24, 2.45) is 5.73 Å². The van der Waals surface area contributed by atoms with E-state index >= 15 is 0 Å². The second-order valence-corrected chi connectivity index (χ2v) is 8.78. The third-order valence-electron chi connectivity index (χ3n) is 6.05. The van der Waals surface area contributed by atoms with Crippen LogP contribution in [-0.4, -0.2) is 47.3 Å². The molecule has 0 radical (unpaired) electrons. The highest BCUT2D eigenvalue weighted by Crippen LogP contribution is 2.36. The summed E-state index contributed by atoms with van der Waals surface area (Å²) in [6, 6.07) is 7.25. The van der Waals surface area contributed by atoms with E-state index in [1.165, 1.54) is 11.8 Å². The fourth-order valence-electron chi connectivity index (χ4n) is 4.37. The summed E-state index contributed by atoms with van der Waals surface area (Å²) in [5.41, 5.74) is 7.36. The first-order valence-electron chi connectivity index (χ1n) is 11.0. The average Bonchev–Trinajstić information content (AvgIpc) is 3.51. The lowest BCUT2D eigenvalue weighted by Crippen LogP contribution is -2.44. The van der Waals surface area contributed by atoms with Crippen molar-refractivity contribution in [1.82, 2.24) is 10.2 Å². The molecule has 0 bridgehead atoms. The van der Waals surface area contributed by atoms with Gasteiger partial charge in [-0.25, -0.2) is 13.2 Å². The van der Waals surface area contributed by atoms with Crippen LogP contribution < -0.4 is 16.0 Å². The Bertz CT molecular complexity index is 1140. The van der Waals surface area contributed by atoms with Crippen molar-refractivity contribution >= 4 is 23.4 Å². The number of nitrogens with two attached hydrogens (primary N) is 1. The maximum absolute atomic E-state index is 14.0. The van der Waals surface area contributed by atoms with Crippen molar-refractivity contribution in [3.05, 3.63) is 65.0 Å². The predicted octanol–water partition coefficient (Wildman–Crippen LogP) is 2.02. The normalized spacial score (nSPS) is 20.4. The van der Waals surface area contributed by atoms with Gasteiger partial charge in [0.1, 0.15) is 12.4 Å². The number of carbonyl (C=O) groups excluding carboxylic acids is 3. The van der Waals surface area contributed by atoms with Gasteiger partial charge in [-0.1, -0.05) is 18.2 Å². The molecule has 0 aromatic heterocycles. The minimum atomic E-state index is -1.30. The van der Waals surface area contributed by atoms with E-state index in [1.807, 2.05) is 18.2 Å². The number of amides is 3. The Morgan fingerprint density at radius 2 is 1.82 bits per heavy atom. The minimum absolute atomic E-state index is 0.125. The maximum Gasteiger partial charge on any atom is 0.246 e. The van der Waals surface area contributed by atoms with Crippen molar-refractivity contribution in [3.63, 3.8) is 0 Å². The van der Waals surface area contributed by atoms with E-state index in [9.17, 15) is 27.6 Å². The van der Waals surface area contributed by atoms with Crippen LogP contribution in [0.1, 0.15) is 30.9 Å². The molecular weight excluding hydrogens is 449 g/mol. The van der Waals surface area contributed by atoms with Gasteiger partial charge in [0.2, 0.25) is 17.7 Å². The molecule has 2 aromatic carbocycles. The molecule has 0 saturated heterocycles. The Labute approximate surface area is 194 Å². The summed E-state index contributed by atoms with van der Waals surface area (Å²) in [7, 11) is 0. The largest absolute Gasteiger partial charge is 0.351 e. The summed E-state index contributed by atoms with van der Waals surface area (Å²) >= 11 is 0. The van der Waals surface area contributed by atoms with Gasteiger partial charge in [-0.3, -0.25) is 14.4 Å². The van der Waals surface area contributed by atoms with Crippen LogP contribution in [0.15, 0.2) is 36.4 Å².